The molecule has 1 amide bonds. The molecule has 0 radical (unpaired) electrons. The number of anilines is 1. The van der Waals surface area contributed by atoms with Gasteiger partial charge in [-0.3, -0.25) is 4.79 Å². The molecule has 5 rings (SSSR count). The molecule has 16 heteroatoms. The smallest absolute Gasteiger partial charge is 0.350 e. The van der Waals surface area contributed by atoms with Crippen molar-refractivity contribution in [3.05, 3.63) is 81.6 Å². The molecule has 0 unspecified atom stereocenters. The molecule has 10 nitrogen and oxygen atoms in total. The zero-order valence-electron chi connectivity index (χ0n) is 24.8. The average molecular weight is 679 g/mol. The van der Waals surface area contributed by atoms with Crippen LogP contribution in [0, 0.1) is 5.82 Å². The lowest BCUT2D eigenvalue weighted by molar-refractivity contribution is -0.137. The fraction of sp³-hybridized carbons (Fsp3) is 0.300. The number of hydrogen-bond donors (Lipinski definition) is 0. The highest BCUT2D eigenvalue weighted by molar-refractivity contribution is 7.90. The molecule has 1 aliphatic heterocycles. The lowest BCUT2D eigenvalue weighted by atomic mass is 10.0. The molecule has 1 fully saturated rings. The molecule has 0 saturated carbocycles. The molecule has 0 aliphatic carbocycles. The van der Waals surface area contributed by atoms with Gasteiger partial charge in [0.15, 0.2) is 20.5 Å². The summed E-state index contributed by atoms with van der Waals surface area (Å²) in [6.07, 6.45) is -1.45. The summed E-state index contributed by atoms with van der Waals surface area (Å²) in [6.45, 7) is 7.63. The van der Waals surface area contributed by atoms with Gasteiger partial charge in [-0.15, -0.1) is 0 Å². The number of carbonyl (C=O) groups excluding carboxylic acids is 1. The van der Waals surface area contributed by atoms with Crippen molar-refractivity contribution in [3.8, 4) is 16.9 Å². The van der Waals surface area contributed by atoms with Crippen LogP contribution in [0.5, 0.6) is 0 Å². The molecule has 4 heterocycles. The first-order chi connectivity index (χ1) is 21.6. The average Bonchev–Trinajstić information content (AvgIpc) is 2.99. The summed E-state index contributed by atoms with van der Waals surface area (Å²) >= 11 is 6.56. The zero-order chi connectivity index (χ0) is 33.7. The van der Waals surface area contributed by atoms with Crippen LogP contribution in [0.25, 0.3) is 28.0 Å². The number of sulfone groups is 1. The predicted octanol–water partition coefficient (Wildman–Crippen LogP) is 4.84. The maximum absolute atomic E-state index is 15.2. The van der Waals surface area contributed by atoms with E-state index in [1.807, 2.05) is 0 Å². The van der Waals surface area contributed by atoms with Crippen LogP contribution in [0.1, 0.15) is 25.0 Å². The summed E-state index contributed by atoms with van der Waals surface area (Å²) in [4.78, 5) is 42.2. The van der Waals surface area contributed by atoms with Gasteiger partial charge in [-0.2, -0.15) is 18.2 Å². The van der Waals surface area contributed by atoms with Crippen molar-refractivity contribution in [2.24, 2.45) is 0 Å². The molecule has 1 atom stereocenters. The van der Waals surface area contributed by atoms with Crippen molar-refractivity contribution in [2.75, 3.05) is 30.8 Å². The highest BCUT2D eigenvalue weighted by Gasteiger charge is 2.37. The van der Waals surface area contributed by atoms with Crippen LogP contribution in [-0.4, -0.2) is 70.7 Å². The van der Waals surface area contributed by atoms with Gasteiger partial charge in [-0.05, 0) is 49.2 Å². The molecule has 1 aromatic carbocycles. The van der Waals surface area contributed by atoms with Crippen LogP contribution in [0.2, 0.25) is 5.02 Å². The Bertz CT molecular complexity index is 2070. The van der Waals surface area contributed by atoms with Crippen molar-refractivity contribution in [1.82, 2.24) is 24.4 Å². The first-order valence-corrected chi connectivity index (χ1v) is 16.2. The SMILES string of the molecule is C=CC(=O)N1CCN(c2nc(=O)n(-c3c(CC)ccnc3S(C)(=O)=O)c3nc(-c4c(F)cccc4C(F)(F)F)c(Cl)cc23)[C@@H](C)C1. The minimum Gasteiger partial charge on any atom is -0.350 e. The molecule has 1 saturated heterocycles. The van der Waals surface area contributed by atoms with Gasteiger partial charge >= 0.3 is 11.9 Å². The van der Waals surface area contributed by atoms with Gasteiger partial charge in [0, 0.05) is 43.7 Å². The molecule has 0 bridgehead atoms. The van der Waals surface area contributed by atoms with E-state index >= 15 is 4.39 Å². The van der Waals surface area contributed by atoms with E-state index in [0.717, 1.165) is 23.0 Å². The molecule has 242 valence electrons. The molecule has 4 aromatic rings. The molecular formula is C30H27ClF4N6O4S. The Morgan fingerprint density at radius 3 is 2.52 bits per heavy atom. The largest absolute Gasteiger partial charge is 0.417 e. The molecular weight excluding hydrogens is 652 g/mol. The Balaban J connectivity index is 1.91. The Hall–Kier alpha value is -4.37. The summed E-state index contributed by atoms with van der Waals surface area (Å²) in [6, 6.07) is 4.69. The van der Waals surface area contributed by atoms with E-state index in [1.165, 1.54) is 24.4 Å². The number of aryl methyl sites for hydroxylation is 1. The quantitative estimate of drug-likeness (QED) is 0.210. The second kappa shape index (κ2) is 12.1. The van der Waals surface area contributed by atoms with Crippen molar-refractivity contribution in [1.29, 1.82) is 0 Å². The summed E-state index contributed by atoms with van der Waals surface area (Å²) in [7, 11) is -4.08. The number of piperazine rings is 1. The van der Waals surface area contributed by atoms with Crippen LogP contribution in [-0.2, 0) is 27.2 Å². The van der Waals surface area contributed by atoms with Crippen LogP contribution in [0.3, 0.4) is 0 Å². The summed E-state index contributed by atoms with van der Waals surface area (Å²) in [5.74, 6) is -1.52. The lowest BCUT2D eigenvalue weighted by Crippen LogP contribution is -2.54. The van der Waals surface area contributed by atoms with E-state index in [1.54, 1.807) is 23.6 Å². The normalized spacial score (nSPS) is 15.8. The summed E-state index contributed by atoms with van der Waals surface area (Å²) in [5, 5.41) is -0.802. The molecule has 46 heavy (non-hydrogen) atoms. The van der Waals surface area contributed by atoms with Gasteiger partial charge < -0.3 is 9.80 Å². The van der Waals surface area contributed by atoms with Crippen molar-refractivity contribution in [3.63, 3.8) is 0 Å². The van der Waals surface area contributed by atoms with Gasteiger partial charge in [0.05, 0.1) is 27.4 Å². The monoisotopic (exact) mass is 678 g/mol. The van der Waals surface area contributed by atoms with Crippen molar-refractivity contribution < 1.29 is 30.8 Å². The van der Waals surface area contributed by atoms with E-state index < -0.39 is 55.4 Å². The Labute approximate surface area is 265 Å². The third-order valence-corrected chi connectivity index (χ3v) is 8.96. The minimum absolute atomic E-state index is 0.0443. The number of aromatic nitrogens is 4. The Morgan fingerprint density at radius 2 is 1.91 bits per heavy atom. The number of halogens is 5. The fourth-order valence-electron chi connectivity index (χ4n) is 5.57. The first-order valence-electron chi connectivity index (χ1n) is 13.9. The van der Waals surface area contributed by atoms with E-state index in [9.17, 15) is 31.2 Å². The highest BCUT2D eigenvalue weighted by atomic mass is 35.5. The second-order valence-corrected chi connectivity index (χ2v) is 13.0. The number of alkyl halides is 3. The zero-order valence-corrected chi connectivity index (χ0v) is 26.3. The van der Waals surface area contributed by atoms with E-state index in [4.69, 9.17) is 11.6 Å². The van der Waals surface area contributed by atoms with Crippen LogP contribution < -0.4 is 10.6 Å². The van der Waals surface area contributed by atoms with Crippen molar-refractivity contribution >= 4 is 44.2 Å². The maximum Gasteiger partial charge on any atom is 0.417 e. The van der Waals surface area contributed by atoms with E-state index in [-0.39, 0.29) is 59.5 Å². The third kappa shape index (κ3) is 5.84. The fourth-order valence-corrected chi connectivity index (χ4v) is 6.64. The third-order valence-electron chi connectivity index (χ3n) is 7.67. The van der Waals surface area contributed by atoms with E-state index in [2.05, 4.69) is 21.5 Å². The lowest BCUT2D eigenvalue weighted by Gasteiger charge is -2.40. The first kappa shape index (κ1) is 33.0. The topological polar surface area (TPSA) is 118 Å². The summed E-state index contributed by atoms with van der Waals surface area (Å²) < 4.78 is 84.2. The number of fused-ring (bicyclic) bond motifs is 1. The Morgan fingerprint density at radius 1 is 1.20 bits per heavy atom. The number of rotatable bonds is 6. The number of amides is 1. The predicted molar refractivity (Wildman–Crippen MR) is 164 cm³/mol. The highest BCUT2D eigenvalue weighted by Crippen LogP contribution is 2.42. The number of benzene rings is 1. The molecule has 0 spiro atoms. The maximum atomic E-state index is 15.2. The van der Waals surface area contributed by atoms with E-state index in [0.29, 0.717) is 11.6 Å². The van der Waals surface area contributed by atoms with Gasteiger partial charge in [-0.1, -0.05) is 31.2 Å². The number of pyridine rings is 2. The van der Waals surface area contributed by atoms with Gasteiger partial charge in [0.25, 0.3) is 0 Å². The van der Waals surface area contributed by atoms with Gasteiger partial charge in [0.2, 0.25) is 5.91 Å². The van der Waals surface area contributed by atoms with Crippen LogP contribution in [0.15, 0.2) is 59.0 Å². The molecule has 1 aliphatic rings. The van der Waals surface area contributed by atoms with Gasteiger partial charge in [0.1, 0.15) is 11.6 Å². The number of carbonyl (C=O) groups is 1. The van der Waals surface area contributed by atoms with Crippen LogP contribution >= 0.6 is 11.6 Å². The number of nitrogens with zero attached hydrogens (tertiary/aromatic N) is 6. The molecule has 0 N–H and O–H groups in total. The standard InChI is InChI=1S/C30H27ClF4N6O4S/c1-5-17-10-11-36-28(46(4,44)45)25(17)41-27-18(26(38-29(41)43)40-13-12-39(15-16(40)3)22(42)6-2)14-20(31)24(37-27)23-19(30(33,34)35)8-7-9-21(23)32/h6-11,14,16H,2,5,12-13,15H2,1,3-4H3/t16-/m0/s1. The Kier molecular flexibility index (Phi) is 8.68. The second-order valence-electron chi connectivity index (χ2n) is 10.7. The number of hydrogen-bond acceptors (Lipinski definition) is 8. The van der Waals surface area contributed by atoms with Crippen molar-refractivity contribution in [2.45, 2.75) is 37.5 Å². The van der Waals surface area contributed by atoms with Crippen LogP contribution in [0.4, 0.5) is 23.4 Å². The minimum atomic E-state index is -5.00. The summed E-state index contributed by atoms with van der Waals surface area (Å²) in [5.41, 5.74) is -4.11. The van der Waals surface area contributed by atoms with Gasteiger partial charge in [-0.25, -0.2) is 32.1 Å². The molecule has 3 aromatic heterocycles.